The first-order valence-electron chi connectivity index (χ1n) is 7.14. The Hall–Kier alpha value is -1.35. The highest BCUT2D eigenvalue weighted by molar-refractivity contribution is 5.86. The fraction of sp³-hybridized carbons (Fsp3) is 0.562. The number of carbonyl (C=O) groups is 1. The molecule has 3 heteroatoms. The van der Waals surface area contributed by atoms with E-state index in [0.29, 0.717) is 6.54 Å². The number of rotatable bonds is 4. The number of carbonyl (C=O) groups excluding carboxylic acids is 1. The summed E-state index contributed by atoms with van der Waals surface area (Å²) in [7, 11) is 1.76. The Kier molecular flexibility index (Phi) is 4.25. The SMILES string of the molecule is CCN(C)C(=O)C(O)(c1ccccc1)C1CCCC1. The molecule has 1 aromatic carbocycles. The fourth-order valence-electron chi connectivity index (χ4n) is 3.00. The zero-order chi connectivity index (χ0) is 13.9. The summed E-state index contributed by atoms with van der Waals surface area (Å²) >= 11 is 0. The average molecular weight is 261 g/mol. The zero-order valence-corrected chi connectivity index (χ0v) is 11.8. The minimum absolute atomic E-state index is 0.0383. The minimum atomic E-state index is -1.36. The van der Waals surface area contributed by atoms with E-state index in [0.717, 1.165) is 31.2 Å². The first kappa shape index (κ1) is 14.1. The number of hydrogen-bond donors (Lipinski definition) is 1. The summed E-state index contributed by atoms with van der Waals surface area (Å²) in [5.41, 5.74) is -0.630. The first-order valence-corrected chi connectivity index (χ1v) is 7.14. The van der Waals surface area contributed by atoms with Gasteiger partial charge in [0.05, 0.1) is 0 Å². The molecule has 1 aliphatic carbocycles. The van der Waals surface area contributed by atoms with Crippen LogP contribution in [0.5, 0.6) is 0 Å². The van der Waals surface area contributed by atoms with Crippen LogP contribution < -0.4 is 0 Å². The van der Waals surface area contributed by atoms with Crippen LogP contribution >= 0.6 is 0 Å². The van der Waals surface area contributed by atoms with Crippen molar-refractivity contribution in [3.63, 3.8) is 0 Å². The number of nitrogens with zero attached hydrogens (tertiary/aromatic N) is 1. The lowest BCUT2D eigenvalue weighted by Gasteiger charge is -2.36. The van der Waals surface area contributed by atoms with Gasteiger partial charge in [0.2, 0.25) is 0 Å². The molecule has 0 heterocycles. The molecule has 1 unspecified atom stereocenters. The molecule has 3 nitrogen and oxygen atoms in total. The molecular formula is C16H23NO2. The molecule has 0 saturated heterocycles. The maximum Gasteiger partial charge on any atom is 0.259 e. The maximum atomic E-state index is 12.7. The van der Waals surface area contributed by atoms with Crippen LogP contribution in [0.4, 0.5) is 0 Å². The van der Waals surface area contributed by atoms with Crippen LogP contribution in [-0.2, 0) is 10.4 Å². The molecule has 0 aliphatic heterocycles. The van der Waals surface area contributed by atoms with Crippen LogP contribution in [0.15, 0.2) is 30.3 Å². The number of benzene rings is 1. The Balaban J connectivity index is 2.40. The van der Waals surface area contributed by atoms with Crippen molar-refractivity contribution in [1.82, 2.24) is 4.90 Å². The molecule has 0 spiro atoms. The van der Waals surface area contributed by atoms with Gasteiger partial charge in [-0.1, -0.05) is 43.2 Å². The summed E-state index contributed by atoms with van der Waals surface area (Å²) in [4.78, 5) is 14.3. The molecule has 1 N–H and O–H groups in total. The molecule has 1 atom stereocenters. The molecule has 19 heavy (non-hydrogen) atoms. The van der Waals surface area contributed by atoms with Crippen molar-refractivity contribution in [3.05, 3.63) is 35.9 Å². The minimum Gasteiger partial charge on any atom is -0.375 e. The van der Waals surface area contributed by atoms with E-state index in [1.54, 1.807) is 11.9 Å². The molecule has 1 fully saturated rings. The fourth-order valence-corrected chi connectivity index (χ4v) is 3.00. The summed E-state index contributed by atoms with van der Waals surface area (Å²) in [6.45, 7) is 2.54. The van der Waals surface area contributed by atoms with Crippen molar-refractivity contribution < 1.29 is 9.90 Å². The molecule has 0 aromatic heterocycles. The summed E-state index contributed by atoms with van der Waals surface area (Å²) < 4.78 is 0. The van der Waals surface area contributed by atoms with E-state index in [-0.39, 0.29) is 11.8 Å². The van der Waals surface area contributed by atoms with Crippen molar-refractivity contribution in [2.24, 2.45) is 5.92 Å². The third kappa shape index (κ3) is 2.52. The van der Waals surface area contributed by atoms with Gasteiger partial charge in [0.15, 0.2) is 5.60 Å². The lowest BCUT2D eigenvalue weighted by molar-refractivity contribution is -0.157. The second kappa shape index (κ2) is 5.74. The standard InChI is InChI=1S/C16H23NO2/c1-3-17(2)15(18)16(19,14-11-7-8-12-14)13-9-5-4-6-10-13/h4-6,9-10,14,19H,3,7-8,11-12H2,1-2H3. The molecule has 0 bridgehead atoms. The van der Waals surface area contributed by atoms with Gasteiger partial charge in [-0.25, -0.2) is 0 Å². The topological polar surface area (TPSA) is 40.5 Å². The Labute approximate surface area is 115 Å². The van der Waals surface area contributed by atoms with Gasteiger partial charge in [-0.15, -0.1) is 0 Å². The molecule has 2 rings (SSSR count). The van der Waals surface area contributed by atoms with E-state index in [1.165, 1.54) is 0 Å². The van der Waals surface area contributed by atoms with Gasteiger partial charge in [0, 0.05) is 19.5 Å². The predicted molar refractivity (Wildman–Crippen MR) is 75.6 cm³/mol. The molecular weight excluding hydrogens is 238 g/mol. The van der Waals surface area contributed by atoms with Crippen LogP contribution in [0.3, 0.4) is 0 Å². The van der Waals surface area contributed by atoms with Gasteiger partial charge >= 0.3 is 0 Å². The number of amides is 1. The van der Waals surface area contributed by atoms with Gasteiger partial charge in [-0.05, 0) is 25.3 Å². The third-order valence-corrected chi connectivity index (χ3v) is 4.31. The summed E-state index contributed by atoms with van der Waals surface area (Å²) in [5, 5.41) is 11.2. The number of likely N-dealkylation sites (N-methyl/N-ethyl adjacent to an activating group) is 1. The summed E-state index contributed by atoms with van der Waals surface area (Å²) in [5.74, 6) is -0.135. The third-order valence-electron chi connectivity index (χ3n) is 4.31. The predicted octanol–water partition coefficient (Wildman–Crippen LogP) is 2.54. The van der Waals surface area contributed by atoms with Gasteiger partial charge in [-0.2, -0.15) is 0 Å². The Morgan fingerprint density at radius 2 is 1.89 bits per heavy atom. The highest BCUT2D eigenvalue weighted by Gasteiger charge is 2.47. The van der Waals surface area contributed by atoms with Crippen molar-refractivity contribution in [1.29, 1.82) is 0 Å². The van der Waals surface area contributed by atoms with Gasteiger partial charge in [-0.3, -0.25) is 4.79 Å². The second-order valence-corrected chi connectivity index (χ2v) is 5.43. The normalized spacial score (nSPS) is 19.1. The lowest BCUT2D eigenvalue weighted by atomic mass is 9.79. The highest BCUT2D eigenvalue weighted by atomic mass is 16.3. The van der Waals surface area contributed by atoms with E-state index in [9.17, 15) is 9.90 Å². The lowest BCUT2D eigenvalue weighted by Crippen LogP contribution is -2.49. The molecule has 1 aliphatic rings. The van der Waals surface area contributed by atoms with Crippen molar-refractivity contribution in [2.45, 2.75) is 38.2 Å². The number of hydrogen-bond acceptors (Lipinski definition) is 2. The Bertz CT molecular complexity index is 426. The van der Waals surface area contributed by atoms with E-state index in [1.807, 2.05) is 37.3 Å². The Morgan fingerprint density at radius 3 is 2.42 bits per heavy atom. The monoisotopic (exact) mass is 261 g/mol. The maximum absolute atomic E-state index is 12.7. The largest absolute Gasteiger partial charge is 0.375 e. The summed E-state index contributed by atoms with van der Waals surface area (Å²) in [6.07, 6.45) is 4.05. The molecule has 1 aromatic rings. The second-order valence-electron chi connectivity index (χ2n) is 5.43. The van der Waals surface area contributed by atoms with Crippen LogP contribution in [0.2, 0.25) is 0 Å². The zero-order valence-electron chi connectivity index (χ0n) is 11.8. The van der Waals surface area contributed by atoms with Crippen LogP contribution in [0.1, 0.15) is 38.2 Å². The molecule has 1 amide bonds. The van der Waals surface area contributed by atoms with E-state index in [2.05, 4.69) is 0 Å². The van der Waals surface area contributed by atoms with Crippen molar-refractivity contribution in [2.75, 3.05) is 13.6 Å². The van der Waals surface area contributed by atoms with E-state index >= 15 is 0 Å². The smallest absolute Gasteiger partial charge is 0.259 e. The summed E-state index contributed by atoms with van der Waals surface area (Å²) in [6, 6.07) is 9.40. The molecule has 104 valence electrons. The average Bonchev–Trinajstić information content (AvgIpc) is 3.00. The Morgan fingerprint density at radius 1 is 1.32 bits per heavy atom. The van der Waals surface area contributed by atoms with Gasteiger partial charge in [0.1, 0.15) is 0 Å². The highest BCUT2D eigenvalue weighted by Crippen LogP contribution is 2.41. The van der Waals surface area contributed by atoms with E-state index < -0.39 is 5.60 Å². The van der Waals surface area contributed by atoms with E-state index in [4.69, 9.17) is 0 Å². The van der Waals surface area contributed by atoms with Crippen LogP contribution in [0, 0.1) is 5.92 Å². The molecule has 1 saturated carbocycles. The van der Waals surface area contributed by atoms with Gasteiger partial charge in [0.25, 0.3) is 5.91 Å². The van der Waals surface area contributed by atoms with Crippen LogP contribution in [0.25, 0.3) is 0 Å². The van der Waals surface area contributed by atoms with Crippen molar-refractivity contribution >= 4 is 5.91 Å². The van der Waals surface area contributed by atoms with Crippen molar-refractivity contribution in [3.8, 4) is 0 Å². The van der Waals surface area contributed by atoms with Gasteiger partial charge < -0.3 is 10.0 Å². The number of aliphatic hydroxyl groups is 1. The first-order chi connectivity index (χ1) is 9.10. The van der Waals surface area contributed by atoms with Crippen LogP contribution in [-0.4, -0.2) is 29.5 Å². The molecule has 0 radical (unpaired) electrons. The quantitative estimate of drug-likeness (QED) is 0.905.